The molecule has 0 atom stereocenters. The van der Waals surface area contributed by atoms with Crippen LogP contribution in [-0.4, -0.2) is 41.1 Å². The number of esters is 1. The van der Waals surface area contributed by atoms with Crippen molar-refractivity contribution in [3.05, 3.63) is 41.7 Å². The molecule has 2 aromatic rings. The number of hydrogen-bond acceptors (Lipinski definition) is 7. The Bertz CT molecular complexity index is 790. The number of nitrogens with one attached hydrogen (secondary N) is 2. The second kappa shape index (κ2) is 9.62. The average Bonchev–Trinajstić information content (AvgIpc) is 2.98. The van der Waals surface area contributed by atoms with Gasteiger partial charge in [0, 0.05) is 11.8 Å². The molecule has 0 saturated carbocycles. The van der Waals surface area contributed by atoms with Gasteiger partial charge in [0.15, 0.2) is 12.4 Å². The Hall–Kier alpha value is -2.81. The number of anilines is 2. The molecule has 0 aliphatic heterocycles. The van der Waals surface area contributed by atoms with Gasteiger partial charge in [-0.15, -0.1) is 11.8 Å². The van der Waals surface area contributed by atoms with E-state index < -0.39 is 18.5 Å². The number of rotatable bonds is 8. The zero-order valence-electron chi connectivity index (χ0n) is 14.4. The number of hydrogen-bond donors (Lipinski definition) is 2. The van der Waals surface area contributed by atoms with E-state index in [0.29, 0.717) is 11.4 Å². The Morgan fingerprint density at radius 3 is 2.62 bits per heavy atom. The molecule has 0 saturated heterocycles. The molecule has 9 heteroatoms. The summed E-state index contributed by atoms with van der Waals surface area (Å²) in [6.45, 7) is 3.19. The van der Waals surface area contributed by atoms with Gasteiger partial charge in [0.05, 0.1) is 11.5 Å². The maximum atomic E-state index is 11.8. The van der Waals surface area contributed by atoms with Gasteiger partial charge < -0.3 is 19.9 Å². The van der Waals surface area contributed by atoms with Crippen molar-refractivity contribution in [2.75, 3.05) is 28.7 Å². The largest absolute Gasteiger partial charge is 0.455 e. The molecule has 0 unspecified atom stereocenters. The number of amides is 2. The van der Waals surface area contributed by atoms with Crippen molar-refractivity contribution in [3.63, 3.8) is 0 Å². The summed E-state index contributed by atoms with van der Waals surface area (Å²) in [5.74, 6) is -0.431. The standard InChI is InChI=1S/C17H19N3O5S/c1-11-4-3-5-13(6-11)18-16(22)9-26-10-17(23)24-8-15(21)19-14-7-12(2)25-20-14/h3-7H,8-10H2,1-2H3,(H,18,22)(H,19,20,21). The summed E-state index contributed by atoms with van der Waals surface area (Å²) in [6, 6.07) is 8.97. The number of nitrogens with zero attached hydrogens (tertiary/aromatic N) is 1. The van der Waals surface area contributed by atoms with Crippen molar-refractivity contribution < 1.29 is 23.6 Å². The van der Waals surface area contributed by atoms with Crippen LogP contribution in [0.15, 0.2) is 34.9 Å². The molecule has 1 heterocycles. The molecule has 2 N–H and O–H groups in total. The van der Waals surface area contributed by atoms with Gasteiger partial charge in [-0.2, -0.15) is 0 Å². The zero-order valence-corrected chi connectivity index (χ0v) is 15.2. The van der Waals surface area contributed by atoms with E-state index >= 15 is 0 Å². The second-order valence-corrected chi connectivity index (χ2v) is 6.43. The lowest BCUT2D eigenvalue weighted by atomic mass is 10.2. The maximum absolute atomic E-state index is 11.8. The summed E-state index contributed by atoms with van der Waals surface area (Å²) in [6.07, 6.45) is 0. The van der Waals surface area contributed by atoms with E-state index in [1.807, 2.05) is 25.1 Å². The highest BCUT2D eigenvalue weighted by Gasteiger charge is 2.11. The quantitative estimate of drug-likeness (QED) is 0.678. The van der Waals surface area contributed by atoms with Gasteiger partial charge in [0.25, 0.3) is 5.91 Å². The SMILES string of the molecule is Cc1cccc(NC(=O)CSCC(=O)OCC(=O)Nc2cc(C)on2)c1. The number of thioether (sulfide) groups is 1. The molecule has 2 rings (SSSR count). The number of aryl methyl sites for hydroxylation is 2. The number of benzene rings is 1. The number of carbonyl (C=O) groups is 3. The minimum atomic E-state index is -0.579. The highest BCUT2D eigenvalue weighted by Crippen LogP contribution is 2.11. The lowest BCUT2D eigenvalue weighted by Gasteiger charge is -2.06. The Morgan fingerprint density at radius 2 is 1.92 bits per heavy atom. The molecule has 0 spiro atoms. The van der Waals surface area contributed by atoms with E-state index in [4.69, 9.17) is 9.26 Å². The molecule has 0 radical (unpaired) electrons. The smallest absolute Gasteiger partial charge is 0.316 e. The van der Waals surface area contributed by atoms with E-state index in [1.54, 1.807) is 19.1 Å². The summed E-state index contributed by atoms with van der Waals surface area (Å²) in [5.41, 5.74) is 1.75. The first-order valence-electron chi connectivity index (χ1n) is 7.75. The van der Waals surface area contributed by atoms with Gasteiger partial charge in [-0.3, -0.25) is 14.4 Å². The summed E-state index contributed by atoms with van der Waals surface area (Å²) in [5, 5.41) is 8.77. The van der Waals surface area contributed by atoms with E-state index in [-0.39, 0.29) is 23.2 Å². The van der Waals surface area contributed by atoms with E-state index in [1.165, 1.54) is 0 Å². The van der Waals surface area contributed by atoms with Gasteiger partial charge in [0.2, 0.25) is 5.91 Å². The fourth-order valence-electron chi connectivity index (χ4n) is 1.94. The Kier molecular flexibility index (Phi) is 7.22. The lowest BCUT2D eigenvalue weighted by Crippen LogP contribution is -2.22. The van der Waals surface area contributed by atoms with Crippen LogP contribution in [0.1, 0.15) is 11.3 Å². The third-order valence-electron chi connectivity index (χ3n) is 3.01. The number of carbonyl (C=O) groups excluding carboxylic acids is 3. The first-order chi connectivity index (χ1) is 12.4. The molecule has 0 bridgehead atoms. The molecule has 0 fully saturated rings. The minimum Gasteiger partial charge on any atom is -0.455 e. The van der Waals surface area contributed by atoms with Crippen LogP contribution in [0.4, 0.5) is 11.5 Å². The average molecular weight is 377 g/mol. The molecule has 2 amide bonds. The first-order valence-corrected chi connectivity index (χ1v) is 8.91. The van der Waals surface area contributed by atoms with E-state index in [0.717, 1.165) is 17.3 Å². The van der Waals surface area contributed by atoms with Crippen molar-refractivity contribution in [3.8, 4) is 0 Å². The van der Waals surface area contributed by atoms with Gasteiger partial charge in [-0.25, -0.2) is 0 Å². The third-order valence-corrected chi connectivity index (χ3v) is 3.92. The lowest BCUT2D eigenvalue weighted by molar-refractivity contribution is -0.144. The van der Waals surface area contributed by atoms with Crippen LogP contribution in [0, 0.1) is 13.8 Å². The van der Waals surface area contributed by atoms with Crippen molar-refractivity contribution in [1.29, 1.82) is 0 Å². The number of ether oxygens (including phenoxy) is 1. The molecule has 1 aromatic carbocycles. The second-order valence-electron chi connectivity index (χ2n) is 5.44. The normalized spacial score (nSPS) is 10.2. The van der Waals surface area contributed by atoms with Crippen LogP contribution in [0.5, 0.6) is 0 Å². The van der Waals surface area contributed by atoms with Crippen molar-refractivity contribution in [2.24, 2.45) is 0 Å². The van der Waals surface area contributed by atoms with E-state index in [9.17, 15) is 14.4 Å². The van der Waals surface area contributed by atoms with Gasteiger partial charge >= 0.3 is 5.97 Å². The third kappa shape index (κ3) is 6.98. The fraction of sp³-hybridized carbons (Fsp3) is 0.294. The summed E-state index contributed by atoms with van der Waals surface area (Å²) in [7, 11) is 0. The van der Waals surface area contributed by atoms with Crippen LogP contribution in [0.25, 0.3) is 0 Å². The monoisotopic (exact) mass is 377 g/mol. The summed E-state index contributed by atoms with van der Waals surface area (Å²) >= 11 is 1.11. The van der Waals surface area contributed by atoms with Crippen molar-refractivity contribution in [2.45, 2.75) is 13.8 Å². The molecule has 138 valence electrons. The predicted molar refractivity (Wildman–Crippen MR) is 98.0 cm³/mol. The predicted octanol–water partition coefficient (Wildman–Crippen LogP) is 2.15. The van der Waals surface area contributed by atoms with Crippen LogP contribution in [-0.2, 0) is 19.1 Å². The minimum absolute atomic E-state index is 0.0302. The Morgan fingerprint density at radius 1 is 1.12 bits per heavy atom. The molecule has 1 aromatic heterocycles. The van der Waals surface area contributed by atoms with Crippen LogP contribution >= 0.6 is 11.8 Å². The van der Waals surface area contributed by atoms with Gasteiger partial charge in [-0.1, -0.05) is 17.3 Å². The number of aromatic nitrogens is 1. The highest BCUT2D eigenvalue weighted by atomic mass is 32.2. The highest BCUT2D eigenvalue weighted by molar-refractivity contribution is 8.00. The molecule has 26 heavy (non-hydrogen) atoms. The molecular weight excluding hydrogens is 358 g/mol. The first kappa shape index (κ1) is 19.5. The Labute approximate surface area is 154 Å². The van der Waals surface area contributed by atoms with Crippen molar-refractivity contribution in [1.82, 2.24) is 5.16 Å². The fourth-order valence-corrected chi connectivity index (χ4v) is 2.55. The topological polar surface area (TPSA) is 111 Å². The van der Waals surface area contributed by atoms with Gasteiger partial charge in [-0.05, 0) is 31.5 Å². The summed E-state index contributed by atoms with van der Waals surface area (Å²) in [4.78, 5) is 35.0. The van der Waals surface area contributed by atoms with Crippen LogP contribution in [0.3, 0.4) is 0 Å². The maximum Gasteiger partial charge on any atom is 0.316 e. The molecular formula is C17H19N3O5S. The molecule has 8 nitrogen and oxygen atoms in total. The Balaban J connectivity index is 1.61. The molecule has 0 aliphatic carbocycles. The summed E-state index contributed by atoms with van der Waals surface area (Å²) < 4.78 is 9.64. The van der Waals surface area contributed by atoms with Crippen molar-refractivity contribution >= 4 is 41.1 Å². The molecule has 0 aliphatic rings. The van der Waals surface area contributed by atoms with Gasteiger partial charge in [0.1, 0.15) is 5.76 Å². The zero-order chi connectivity index (χ0) is 18.9. The van der Waals surface area contributed by atoms with E-state index in [2.05, 4.69) is 15.8 Å². The van der Waals surface area contributed by atoms with Crippen LogP contribution < -0.4 is 10.6 Å². The van der Waals surface area contributed by atoms with Crippen LogP contribution in [0.2, 0.25) is 0 Å².